The molecule has 2 aromatic heterocycles. The monoisotopic (exact) mass is 380 g/mol. The predicted octanol–water partition coefficient (Wildman–Crippen LogP) is 2.73. The third-order valence-corrected chi connectivity index (χ3v) is 4.25. The number of aliphatic hydroxyl groups is 1. The summed E-state index contributed by atoms with van der Waals surface area (Å²) in [5.41, 5.74) is 10.1. The van der Waals surface area contributed by atoms with Crippen LogP contribution < -0.4 is 11.1 Å². The van der Waals surface area contributed by atoms with E-state index in [1.165, 1.54) is 0 Å². The highest BCUT2D eigenvalue weighted by Gasteiger charge is 2.13. The molecule has 0 radical (unpaired) electrons. The molecule has 146 valence electrons. The number of carbonyl (C=O) groups excluding carboxylic acids is 1. The summed E-state index contributed by atoms with van der Waals surface area (Å²) in [5.74, 6) is 0.586. The van der Waals surface area contributed by atoms with Gasteiger partial charge in [0.05, 0.1) is 29.5 Å². The molecule has 2 aromatic carbocycles. The minimum Gasteiger partial charge on any atom is -0.395 e. The summed E-state index contributed by atoms with van der Waals surface area (Å²) in [6.07, 6.45) is 1.59. The largest absolute Gasteiger partial charge is 0.395 e. The third-order valence-electron chi connectivity index (χ3n) is 4.25. The maximum absolute atomic E-state index is 11.9. The number of carbonyl (C=O) groups is 1. The van der Waals surface area contributed by atoms with Crippen molar-refractivity contribution in [3.05, 3.63) is 60.3 Å². The molecule has 8 heteroatoms. The first kappa shape index (κ1) is 17.6. The van der Waals surface area contributed by atoms with Crippen LogP contribution in [0.2, 0.25) is 0 Å². The SMILES string of the molecule is Nc1ncc(-c2ccc(C(=O)NCCO)cc2)nc1-c1nc2ccccc2[nH]1.[HH].[HH].[HH]. The summed E-state index contributed by atoms with van der Waals surface area (Å²) in [5, 5.41) is 11.4. The minimum absolute atomic E-state index is 0. The number of nitrogens with one attached hydrogen (secondary N) is 2. The number of nitrogen functional groups attached to an aromatic ring is 1. The van der Waals surface area contributed by atoms with Crippen LogP contribution in [0.25, 0.3) is 33.8 Å². The molecule has 0 aliphatic carbocycles. The van der Waals surface area contributed by atoms with Gasteiger partial charge in [-0.15, -0.1) is 0 Å². The van der Waals surface area contributed by atoms with Gasteiger partial charge >= 0.3 is 0 Å². The average molecular weight is 380 g/mol. The molecular weight excluding hydrogens is 356 g/mol. The van der Waals surface area contributed by atoms with Gasteiger partial charge in [-0.25, -0.2) is 15.0 Å². The van der Waals surface area contributed by atoms with Crippen LogP contribution in [0, 0.1) is 0 Å². The number of rotatable bonds is 5. The molecule has 8 nitrogen and oxygen atoms in total. The van der Waals surface area contributed by atoms with Crippen LogP contribution in [-0.4, -0.2) is 44.1 Å². The zero-order chi connectivity index (χ0) is 19.5. The Morgan fingerprint density at radius 3 is 2.68 bits per heavy atom. The van der Waals surface area contributed by atoms with Crippen LogP contribution in [0.3, 0.4) is 0 Å². The molecule has 0 saturated carbocycles. The Morgan fingerprint density at radius 2 is 1.93 bits per heavy atom. The first-order chi connectivity index (χ1) is 13.7. The molecule has 0 aliphatic heterocycles. The molecule has 0 bridgehead atoms. The first-order valence-electron chi connectivity index (χ1n) is 8.73. The second kappa shape index (κ2) is 7.45. The maximum Gasteiger partial charge on any atom is 0.251 e. The number of para-hydroxylation sites is 2. The number of hydrogen-bond donors (Lipinski definition) is 4. The number of hydrogen-bond acceptors (Lipinski definition) is 6. The number of aromatic amines is 1. The lowest BCUT2D eigenvalue weighted by atomic mass is 10.1. The van der Waals surface area contributed by atoms with Gasteiger partial charge < -0.3 is 21.1 Å². The molecule has 28 heavy (non-hydrogen) atoms. The smallest absolute Gasteiger partial charge is 0.251 e. The van der Waals surface area contributed by atoms with E-state index in [2.05, 4.69) is 25.3 Å². The van der Waals surface area contributed by atoms with Crippen LogP contribution in [0.15, 0.2) is 54.7 Å². The molecule has 2 heterocycles. The van der Waals surface area contributed by atoms with E-state index in [1.54, 1.807) is 30.5 Å². The first-order valence-corrected chi connectivity index (χ1v) is 8.73. The fraction of sp³-hybridized carbons (Fsp3) is 0.100. The second-order valence-corrected chi connectivity index (χ2v) is 6.15. The molecule has 0 aliphatic rings. The van der Waals surface area contributed by atoms with Gasteiger partial charge in [0.15, 0.2) is 11.6 Å². The number of nitrogens with two attached hydrogens (primary N) is 1. The Morgan fingerprint density at radius 1 is 1.14 bits per heavy atom. The fourth-order valence-corrected chi connectivity index (χ4v) is 2.84. The number of amides is 1. The standard InChI is InChI=1S/C20H18N6O2.3H2/c21-18-17(19-25-14-3-1-2-4-15(14)26-19)24-16(11-23-18)12-5-7-13(8-6-12)20(28)22-9-10-27;;;/h1-8,11,27H,9-10H2,(H2,21,23)(H,22,28)(H,25,26);3*1H. The fourth-order valence-electron chi connectivity index (χ4n) is 2.84. The highest BCUT2D eigenvalue weighted by molar-refractivity contribution is 5.94. The van der Waals surface area contributed by atoms with Gasteiger partial charge in [0.2, 0.25) is 0 Å². The zero-order valence-electron chi connectivity index (χ0n) is 14.9. The molecule has 4 aromatic rings. The van der Waals surface area contributed by atoms with Crippen LogP contribution in [0.1, 0.15) is 14.6 Å². The summed E-state index contributed by atoms with van der Waals surface area (Å²) in [7, 11) is 0. The van der Waals surface area contributed by atoms with Crippen LogP contribution in [0.5, 0.6) is 0 Å². The van der Waals surface area contributed by atoms with Crippen molar-refractivity contribution in [1.29, 1.82) is 0 Å². The number of H-pyrrole nitrogens is 1. The van der Waals surface area contributed by atoms with Crippen molar-refractivity contribution in [3.8, 4) is 22.8 Å². The van der Waals surface area contributed by atoms with Gasteiger partial charge in [0, 0.05) is 22.0 Å². The molecule has 5 N–H and O–H groups in total. The number of nitrogens with zero attached hydrogens (tertiary/aromatic N) is 3. The van der Waals surface area contributed by atoms with E-state index in [1.807, 2.05) is 24.3 Å². The van der Waals surface area contributed by atoms with Crippen LogP contribution >= 0.6 is 0 Å². The molecule has 0 spiro atoms. The number of aliphatic hydroxyl groups excluding tert-OH is 1. The second-order valence-electron chi connectivity index (χ2n) is 6.15. The van der Waals surface area contributed by atoms with Crippen molar-refractivity contribution >= 4 is 22.8 Å². The number of aromatic nitrogens is 4. The summed E-state index contributed by atoms with van der Waals surface area (Å²) >= 11 is 0. The normalized spacial score (nSPS) is 10.9. The highest BCUT2D eigenvalue weighted by Crippen LogP contribution is 2.26. The topological polar surface area (TPSA) is 130 Å². The number of anilines is 1. The lowest BCUT2D eigenvalue weighted by Gasteiger charge is -2.07. The Balaban J connectivity index is 0.00000160. The van der Waals surface area contributed by atoms with Crippen molar-refractivity contribution in [2.45, 2.75) is 0 Å². The summed E-state index contributed by atoms with van der Waals surface area (Å²) < 4.78 is 0. The quantitative estimate of drug-likeness (QED) is 0.421. The Bertz CT molecular complexity index is 1120. The van der Waals surface area contributed by atoms with E-state index in [9.17, 15) is 4.79 Å². The van der Waals surface area contributed by atoms with Crippen LogP contribution in [0.4, 0.5) is 5.82 Å². The van der Waals surface area contributed by atoms with Crippen molar-refractivity contribution in [1.82, 2.24) is 25.3 Å². The molecule has 1 amide bonds. The number of benzene rings is 2. The third kappa shape index (κ3) is 3.40. The van der Waals surface area contributed by atoms with Gasteiger partial charge in [0.25, 0.3) is 5.91 Å². The highest BCUT2D eigenvalue weighted by atomic mass is 16.3. The maximum atomic E-state index is 11.9. The molecule has 0 fully saturated rings. The summed E-state index contributed by atoms with van der Waals surface area (Å²) in [6.45, 7) is 0.111. The van der Waals surface area contributed by atoms with E-state index in [0.717, 1.165) is 16.6 Å². The molecular formula is C20H24N6O2. The number of imidazole rings is 1. The summed E-state index contributed by atoms with van der Waals surface area (Å²) in [6, 6.07) is 14.6. The van der Waals surface area contributed by atoms with Gasteiger partial charge in [-0.2, -0.15) is 0 Å². The van der Waals surface area contributed by atoms with E-state index in [4.69, 9.17) is 10.8 Å². The summed E-state index contributed by atoms with van der Waals surface area (Å²) in [4.78, 5) is 28.5. The zero-order valence-corrected chi connectivity index (χ0v) is 14.9. The van der Waals surface area contributed by atoms with Crippen molar-refractivity contribution in [3.63, 3.8) is 0 Å². The van der Waals surface area contributed by atoms with Gasteiger partial charge in [0.1, 0.15) is 5.69 Å². The van der Waals surface area contributed by atoms with Crippen molar-refractivity contribution < 1.29 is 14.2 Å². The number of fused-ring (bicyclic) bond motifs is 1. The van der Waals surface area contributed by atoms with E-state index >= 15 is 0 Å². The molecule has 0 atom stereocenters. The van der Waals surface area contributed by atoms with E-state index in [-0.39, 0.29) is 29.2 Å². The van der Waals surface area contributed by atoms with Crippen LogP contribution in [-0.2, 0) is 0 Å². The molecule has 4 rings (SSSR count). The molecule has 0 saturated heterocycles. The van der Waals surface area contributed by atoms with Crippen molar-refractivity contribution in [2.75, 3.05) is 18.9 Å². The Labute approximate surface area is 164 Å². The van der Waals surface area contributed by atoms with Gasteiger partial charge in [-0.05, 0) is 24.3 Å². The Kier molecular flexibility index (Phi) is 4.69. The van der Waals surface area contributed by atoms with E-state index < -0.39 is 0 Å². The van der Waals surface area contributed by atoms with Crippen molar-refractivity contribution in [2.24, 2.45) is 0 Å². The average Bonchev–Trinajstić information content (AvgIpc) is 3.16. The van der Waals surface area contributed by atoms with E-state index in [0.29, 0.717) is 22.8 Å². The molecule has 0 unspecified atom stereocenters. The lowest BCUT2D eigenvalue weighted by Crippen LogP contribution is -2.26. The lowest BCUT2D eigenvalue weighted by molar-refractivity contribution is 0.0945. The Hall–Kier alpha value is -3.78. The predicted molar refractivity (Wildman–Crippen MR) is 113 cm³/mol. The van der Waals surface area contributed by atoms with Gasteiger partial charge in [-0.3, -0.25) is 4.79 Å². The minimum atomic E-state index is -0.244. The van der Waals surface area contributed by atoms with Gasteiger partial charge in [-0.1, -0.05) is 24.3 Å².